The number of thioether (sulfide) groups is 1. The highest BCUT2D eigenvalue weighted by molar-refractivity contribution is 8.03. The van der Waals surface area contributed by atoms with Crippen molar-refractivity contribution in [2.75, 3.05) is 12.0 Å². The number of anilines is 1. The minimum absolute atomic E-state index is 0.0815. The van der Waals surface area contributed by atoms with E-state index >= 15 is 0 Å². The van der Waals surface area contributed by atoms with Crippen LogP contribution in [-0.4, -0.2) is 12.8 Å². The Labute approximate surface area is 139 Å². The molecule has 23 heavy (non-hydrogen) atoms. The number of carbonyl (C=O) groups is 1. The topological polar surface area (TPSA) is 74.2 Å². The first kappa shape index (κ1) is 16.7. The van der Waals surface area contributed by atoms with Crippen LogP contribution in [0.1, 0.15) is 11.1 Å². The molecule has 2 aromatic rings. The van der Waals surface area contributed by atoms with Gasteiger partial charge in [-0.3, -0.25) is 0 Å². The second kappa shape index (κ2) is 8.11. The van der Waals surface area contributed by atoms with E-state index in [2.05, 4.69) is 10.6 Å². The van der Waals surface area contributed by atoms with E-state index in [4.69, 9.17) is 10.00 Å². The van der Waals surface area contributed by atoms with Crippen molar-refractivity contribution < 1.29 is 9.53 Å². The third kappa shape index (κ3) is 5.24. The molecule has 0 heterocycles. The molecule has 0 aliphatic heterocycles. The number of urea groups is 1. The van der Waals surface area contributed by atoms with Gasteiger partial charge in [-0.1, -0.05) is 17.7 Å². The molecule has 0 aromatic heterocycles. The molecule has 118 valence electrons. The van der Waals surface area contributed by atoms with Gasteiger partial charge in [-0.25, -0.2) is 4.79 Å². The van der Waals surface area contributed by atoms with Gasteiger partial charge in [0.25, 0.3) is 0 Å². The van der Waals surface area contributed by atoms with E-state index in [0.717, 1.165) is 28.0 Å². The zero-order valence-electron chi connectivity index (χ0n) is 12.9. The molecular weight excluding hydrogens is 310 g/mol. The number of ether oxygens (including phenoxy) is 1. The van der Waals surface area contributed by atoms with E-state index < -0.39 is 0 Å². The van der Waals surface area contributed by atoms with Gasteiger partial charge in [-0.05, 0) is 61.5 Å². The summed E-state index contributed by atoms with van der Waals surface area (Å²) in [5.41, 5.74) is 2.84. The minimum Gasteiger partial charge on any atom is -0.473 e. The van der Waals surface area contributed by atoms with Crippen molar-refractivity contribution in [2.45, 2.75) is 18.7 Å². The van der Waals surface area contributed by atoms with Crippen LogP contribution in [0.15, 0.2) is 47.4 Å². The predicted molar refractivity (Wildman–Crippen MR) is 91.5 cm³/mol. The maximum atomic E-state index is 11.8. The van der Waals surface area contributed by atoms with E-state index in [0.29, 0.717) is 5.69 Å². The number of hydrogen-bond donors (Lipinski definition) is 2. The Bertz CT molecular complexity index is 724. The Morgan fingerprint density at radius 1 is 1.22 bits per heavy atom. The van der Waals surface area contributed by atoms with Crippen LogP contribution in [0.3, 0.4) is 0 Å². The Morgan fingerprint density at radius 2 is 1.96 bits per heavy atom. The number of nitriles is 1. The molecule has 0 unspecified atom stereocenters. The van der Waals surface area contributed by atoms with Crippen molar-refractivity contribution in [1.29, 1.82) is 5.26 Å². The van der Waals surface area contributed by atoms with Crippen molar-refractivity contribution in [3.8, 4) is 11.2 Å². The molecule has 0 fully saturated rings. The second-order valence-electron chi connectivity index (χ2n) is 4.91. The first-order chi connectivity index (χ1) is 11.1. The Morgan fingerprint density at radius 3 is 2.61 bits per heavy atom. The smallest absolute Gasteiger partial charge is 0.321 e. The monoisotopic (exact) mass is 327 g/mol. The molecular formula is C17H17N3O2S. The highest BCUT2D eigenvalue weighted by atomic mass is 32.2. The zero-order valence-corrected chi connectivity index (χ0v) is 13.7. The van der Waals surface area contributed by atoms with Gasteiger partial charge in [0.1, 0.15) is 11.2 Å². The number of nitrogens with one attached hydrogen (secondary N) is 2. The second-order valence-corrected chi connectivity index (χ2v) is 5.76. The van der Waals surface area contributed by atoms with Crippen molar-refractivity contribution in [1.82, 2.24) is 5.32 Å². The first-order valence-corrected chi connectivity index (χ1v) is 7.81. The maximum absolute atomic E-state index is 11.8. The lowest BCUT2D eigenvalue weighted by Gasteiger charge is -2.11. The van der Waals surface area contributed by atoms with Crippen molar-refractivity contribution in [3.63, 3.8) is 0 Å². The molecule has 0 radical (unpaired) electrons. The fourth-order valence-electron chi connectivity index (χ4n) is 1.97. The highest BCUT2D eigenvalue weighted by Crippen LogP contribution is 2.19. The molecule has 2 amide bonds. The third-order valence-electron chi connectivity index (χ3n) is 3.07. The lowest BCUT2D eigenvalue weighted by molar-refractivity contribution is 0.234. The largest absolute Gasteiger partial charge is 0.473 e. The number of thiocyanates is 1. The van der Waals surface area contributed by atoms with Crippen LogP contribution in [0, 0.1) is 24.5 Å². The number of rotatable bonds is 5. The summed E-state index contributed by atoms with van der Waals surface area (Å²) in [5.74, 6) is 0.744. The summed E-state index contributed by atoms with van der Waals surface area (Å²) in [7, 11) is 0. The van der Waals surface area contributed by atoms with Gasteiger partial charge in [-0.15, -0.1) is 0 Å². The predicted octanol–water partition coefficient (Wildman–Crippen LogP) is 4.03. The van der Waals surface area contributed by atoms with E-state index in [1.54, 1.807) is 24.3 Å². The number of amides is 2. The first-order valence-electron chi connectivity index (χ1n) is 6.99. The van der Waals surface area contributed by atoms with Crippen LogP contribution in [-0.2, 0) is 0 Å². The van der Waals surface area contributed by atoms with Crippen LogP contribution >= 0.6 is 11.8 Å². The summed E-state index contributed by atoms with van der Waals surface area (Å²) >= 11 is 1.07. The molecule has 0 saturated heterocycles. The van der Waals surface area contributed by atoms with Crippen LogP contribution in [0.5, 0.6) is 5.75 Å². The van der Waals surface area contributed by atoms with Gasteiger partial charge in [0.05, 0.1) is 0 Å². The summed E-state index contributed by atoms with van der Waals surface area (Å²) < 4.78 is 5.54. The Hall–Kier alpha value is -2.65. The molecule has 0 atom stereocenters. The van der Waals surface area contributed by atoms with Crippen LogP contribution < -0.4 is 15.4 Å². The average molecular weight is 327 g/mol. The normalized spacial score (nSPS) is 9.78. The molecule has 6 heteroatoms. The molecule has 2 aromatic carbocycles. The van der Waals surface area contributed by atoms with Gasteiger partial charge in [0.2, 0.25) is 0 Å². The van der Waals surface area contributed by atoms with E-state index in [9.17, 15) is 4.79 Å². The molecule has 0 bridgehead atoms. The summed E-state index contributed by atoms with van der Waals surface area (Å²) in [6.45, 7) is 4.06. The number of hydrogen-bond acceptors (Lipinski definition) is 4. The lowest BCUT2D eigenvalue weighted by Crippen LogP contribution is -2.32. The van der Waals surface area contributed by atoms with Crippen LogP contribution in [0.2, 0.25) is 0 Å². The number of benzene rings is 2. The van der Waals surface area contributed by atoms with Crippen LogP contribution in [0.4, 0.5) is 10.5 Å². The van der Waals surface area contributed by atoms with E-state index in [1.807, 2.05) is 37.4 Å². The molecule has 5 nitrogen and oxygen atoms in total. The average Bonchev–Trinajstić information content (AvgIpc) is 2.52. The minimum atomic E-state index is -0.351. The lowest BCUT2D eigenvalue weighted by atomic mass is 10.1. The summed E-state index contributed by atoms with van der Waals surface area (Å²) in [5, 5.41) is 15.9. The van der Waals surface area contributed by atoms with E-state index in [1.165, 1.54) is 5.56 Å². The number of nitrogens with zero attached hydrogens (tertiary/aromatic N) is 1. The Balaban J connectivity index is 1.80. The third-order valence-corrected chi connectivity index (χ3v) is 3.67. The molecule has 0 aliphatic rings. The van der Waals surface area contributed by atoms with Gasteiger partial charge >= 0.3 is 6.03 Å². The zero-order chi connectivity index (χ0) is 16.7. The van der Waals surface area contributed by atoms with Gasteiger partial charge in [-0.2, -0.15) is 5.26 Å². The van der Waals surface area contributed by atoms with Gasteiger partial charge in [0, 0.05) is 10.6 Å². The fraction of sp³-hybridized carbons (Fsp3) is 0.176. The SMILES string of the molecule is Cc1ccc(OCNC(=O)Nc2ccc(SC#N)cc2)c(C)c1. The molecule has 2 rings (SSSR count). The molecule has 0 saturated carbocycles. The van der Waals surface area contributed by atoms with Gasteiger partial charge in [0.15, 0.2) is 6.73 Å². The van der Waals surface area contributed by atoms with Gasteiger partial charge < -0.3 is 15.4 Å². The number of aryl methyl sites for hydroxylation is 2. The maximum Gasteiger partial charge on any atom is 0.321 e. The Kier molecular flexibility index (Phi) is 5.89. The molecule has 0 aliphatic carbocycles. The van der Waals surface area contributed by atoms with Crippen molar-refractivity contribution in [2.24, 2.45) is 0 Å². The van der Waals surface area contributed by atoms with Crippen molar-refractivity contribution >= 4 is 23.5 Å². The standard InChI is InChI=1S/C17H17N3O2S/c1-12-3-8-16(13(2)9-12)22-11-19-17(21)20-14-4-6-15(7-5-14)23-10-18/h3-9H,11H2,1-2H3,(H2,19,20,21). The molecule has 0 spiro atoms. The van der Waals surface area contributed by atoms with Crippen LogP contribution in [0.25, 0.3) is 0 Å². The van der Waals surface area contributed by atoms with E-state index in [-0.39, 0.29) is 12.8 Å². The molecule has 2 N–H and O–H groups in total. The quantitative estimate of drug-likeness (QED) is 0.494. The number of carbonyl (C=O) groups excluding carboxylic acids is 1. The van der Waals surface area contributed by atoms with Crippen molar-refractivity contribution in [3.05, 3.63) is 53.6 Å². The summed E-state index contributed by atoms with van der Waals surface area (Å²) in [6.07, 6.45) is 0. The highest BCUT2D eigenvalue weighted by Gasteiger charge is 2.03. The fourth-order valence-corrected chi connectivity index (χ4v) is 2.35. The summed E-state index contributed by atoms with van der Waals surface area (Å²) in [6, 6.07) is 12.5. The summed E-state index contributed by atoms with van der Waals surface area (Å²) in [4.78, 5) is 12.6.